The molecule has 3 heteroatoms. The van der Waals surface area contributed by atoms with Gasteiger partial charge in [-0.2, -0.15) is 0 Å². The number of rotatable bonds is 4. The van der Waals surface area contributed by atoms with Crippen molar-refractivity contribution in [3.63, 3.8) is 0 Å². The van der Waals surface area contributed by atoms with Crippen LogP contribution in [0.4, 0.5) is 0 Å². The van der Waals surface area contributed by atoms with Crippen LogP contribution in [0.2, 0.25) is 0 Å². The lowest BCUT2D eigenvalue weighted by atomic mass is 9.73. The minimum absolute atomic E-state index is 0.304. The molecule has 0 spiro atoms. The van der Waals surface area contributed by atoms with Crippen LogP contribution in [-0.4, -0.2) is 55.1 Å². The molecule has 0 aromatic carbocycles. The first-order chi connectivity index (χ1) is 9.02. The van der Waals surface area contributed by atoms with Crippen molar-refractivity contribution in [1.29, 1.82) is 0 Å². The lowest BCUT2D eigenvalue weighted by Crippen LogP contribution is -2.56. The van der Waals surface area contributed by atoms with E-state index in [2.05, 4.69) is 37.7 Å². The molecular formula is C16H33N3. The highest BCUT2D eigenvalue weighted by Gasteiger charge is 2.45. The topological polar surface area (TPSA) is 32.5 Å². The van der Waals surface area contributed by atoms with Crippen molar-refractivity contribution in [1.82, 2.24) is 9.80 Å². The summed E-state index contributed by atoms with van der Waals surface area (Å²) in [5.74, 6) is 1.66. The molecule has 2 N–H and O–H groups in total. The van der Waals surface area contributed by atoms with Crippen LogP contribution >= 0.6 is 0 Å². The Balaban J connectivity index is 2.09. The molecule has 1 heterocycles. The van der Waals surface area contributed by atoms with Gasteiger partial charge in [-0.05, 0) is 38.8 Å². The average molecular weight is 267 g/mol. The maximum atomic E-state index is 6.25. The van der Waals surface area contributed by atoms with Gasteiger partial charge in [0.25, 0.3) is 0 Å². The Morgan fingerprint density at radius 1 is 1.32 bits per heavy atom. The third-order valence-electron chi connectivity index (χ3n) is 5.79. The Labute approximate surface area is 119 Å². The normalized spacial score (nSPS) is 41.1. The molecule has 1 aliphatic heterocycles. The van der Waals surface area contributed by atoms with Gasteiger partial charge in [-0.1, -0.05) is 33.1 Å². The number of nitrogens with two attached hydrogens (primary N) is 1. The average Bonchev–Trinajstić information content (AvgIpc) is 2.81. The zero-order chi connectivity index (χ0) is 14.0. The molecule has 2 fully saturated rings. The second kappa shape index (κ2) is 6.11. The predicted octanol–water partition coefficient (Wildman–Crippen LogP) is 2.17. The predicted molar refractivity (Wildman–Crippen MR) is 82.2 cm³/mol. The molecular weight excluding hydrogens is 234 g/mol. The zero-order valence-corrected chi connectivity index (χ0v) is 13.4. The number of hydrogen-bond donors (Lipinski definition) is 1. The van der Waals surface area contributed by atoms with Crippen LogP contribution in [0.25, 0.3) is 0 Å². The first-order valence-electron chi connectivity index (χ1n) is 8.14. The summed E-state index contributed by atoms with van der Waals surface area (Å²) in [5, 5.41) is 0. The van der Waals surface area contributed by atoms with Gasteiger partial charge in [0.2, 0.25) is 0 Å². The molecule has 19 heavy (non-hydrogen) atoms. The SMILES string of the molecule is CCC1CCCC(CN)(N2CC(C)C(N(C)C)C2)C1. The van der Waals surface area contributed by atoms with Crippen LogP contribution in [0.1, 0.15) is 46.0 Å². The molecule has 1 saturated heterocycles. The van der Waals surface area contributed by atoms with Crippen LogP contribution in [0.5, 0.6) is 0 Å². The van der Waals surface area contributed by atoms with Crippen molar-refractivity contribution < 1.29 is 0 Å². The van der Waals surface area contributed by atoms with Gasteiger partial charge < -0.3 is 10.6 Å². The fourth-order valence-corrected chi connectivity index (χ4v) is 4.42. The van der Waals surface area contributed by atoms with E-state index in [0.29, 0.717) is 11.6 Å². The van der Waals surface area contributed by atoms with Crippen molar-refractivity contribution in [2.24, 2.45) is 17.6 Å². The molecule has 4 unspecified atom stereocenters. The van der Waals surface area contributed by atoms with Gasteiger partial charge in [0.15, 0.2) is 0 Å². The third-order valence-corrected chi connectivity index (χ3v) is 5.79. The molecule has 1 aliphatic carbocycles. The zero-order valence-electron chi connectivity index (χ0n) is 13.4. The van der Waals surface area contributed by atoms with Crippen LogP contribution in [0, 0.1) is 11.8 Å². The largest absolute Gasteiger partial charge is 0.329 e. The highest BCUT2D eigenvalue weighted by atomic mass is 15.3. The van der Waals surface area contributed by atoms with Gasteiger partial charge in [-0.15, -0.1) is 0 Å². The number of likely N-dealkylation sites (N-methyl/N-ethyl adjacent to an activating group) is 1. The first kappa shape index (κ1) is 15.3. The van der Waals surface area contributed by atoms with Gasteiger partial charge in [-0.25, -0.2) is 0 Å². The maximum Gasteiger partial charge on any atom is 0.0335 e. The summed E-state index contributed by atoms with van der Waals surface area (Å²) in [7, 11) is 4.44. The third kappa shape index (κ3) is 2.98. The summed E-state index contributed by atoms with van der Waals surface area (Å²) < 4.78 is 0. The van der Waals surface area contributed by atoms with Crippen molar-refractivity contribution in [3.8, 4) is 0 Å². The van der Waals surface area contributed by atoms with Gasteiger partial charge in [0, 0.05) is 31.2 Å². The molecule has 112 valence electrons. The Morgan fingerprint density at radius 3 is 2.58 bits per heavy atom. The fraction of sp³-hybridized carbons (Fsp3) is 1.00. The van der Waals surface area contributed by atoms with E-state index in [0.717, 1.165) is 18.4 Å². The minimum Gasteiger partial charge on any atom is -0.329 e. The summed E-state index contributed by atoms with van der Waals surface area (Å²) in [5.41, 5.74) is 6.55. The first-order valence-corrected chi connectivity index (χ1v) is 8.14. The second-order valence-electron chi connectivity index (χ2n) is 7.21. The molecule has 0 aromatic heterocycles. The van der Waals surface area contributed by atoms with E-state index in [-0.39, 0.29) is 0 Å². The summed E-state index contributed by atoms with van der Waals surface area (Å²) in [6, 6.07) is 0.699. The van der Waals surface area contributed by atoms with E-state index in [4.69, 9.17) is 5.73 Å². The molecule has 1 saturated carbocycles. The van der Waals surface area contributed by atoms with Crippen LogP contribution in [-0.2, 0) is 0 Å². The van der Waals surface area contributed by atoms with E-state index in [1.54, 1.807) is 0 Å². The molecule has 3 nitrogen and oxygen atoms in total. The summed E-state index contributed by atoms with van der Waals surface area (Å²) in [4.78, 5) is 5.14. The second-order valence-corrected chi connectivity index (χ2v) is 7.21. The molecule has 0 bridgehead atoms. The Hall–Kier alpha value is -0.120. The van der Waals surface area contributed by atoms with Crippen LogP contribution in [0.3, 0.4) is 0 Å². The Kier molecular flexibility index (Phi) is 4.91. The van der Waals surface area contributed by atoms with E-state index < -0.39 is 0 Å². The Bertz CT molecular complexity index is 292. The monoisotopic (exact) mass is 267 g/mol. The molecule has 4 atom stereocenters. The van der Waals surface area contributed by atoms with E-state index in [9.17, 15) is 0 Å². The Morgan fingerprint density at radius 2 is 2.05 bits per heavy atom. The summed E-state index contributed by atoms with van der Waals surface area (Å²) in [6.07, 6.45) is 6.74. The highest BCUT2D eigenvalue weighted by molar-refractivity contribution is 5.01. The molecule has 0 amide bonds. The molecule has 0 aromatic rings. The highest BCUT2D eigenvalue weighted by Crippen LogP contribution is 2.40. The standard InChI is InChI=1S/C16H33N3/c1-5-14-7-6-8-16(9-14,12-17)19-10-13(2)15(11-19)18(3)4/h13-15H,5-12,17H2,1-4H3. The van der Waals surface area contributed by atoms with Gasteiger partial charge in [0.05, 0.1) is 0 Å². The summed E-state index contributed by atoms with van der Waals surface area (Å²) in [6.45, 7) is 8.02. The van der Waals surface area contributed by atoms with Crippen molar-refractivity contribution in [2.75, 3.05) is 33.7 Å². The summed E-state index contributed by atoms with van der Waals surface area (Å²) >= 11 is 0. The lowest BCUT2D eigenvalue weighted by molar-refractivity contribution is 0.0485. The van der Waals surface area contributed by atoms with E-state index in [1.165, 1.54) is 45.2 Å². The van der Waals surface area contributed by atoms with Gasteiger partial charge in [-0.3, -0.25) is 4.90 Å². The van der Waals surface area contributed by atoms with Crippen molar-refractivity contribution in [2.45, 2.75) is 57.5 Å². The van der Waals surface area contributed by atoms with Crippen LogP contribution < -0.4 is 5.73 Å². The number of nitrogens with zero attached hydrogens (tertiary/aromatic N) is 2. The number of hydrogen-bond acceptors (Lipinski definition) is 3. The maximum absolute atomic E-state index is 6.25. The van der Waals surface area contributed by atoms with Gasteiger partial charge in [0.1, 0.15) is 0 Å². The van der Waals surface area contributed by atoms with E-state index in [1.807, 2.05) is 0 Å². The van der Waals surface area contributed by atoms with E-state index >= 15 is 0 Å². The van der Waals surface area contributed by atoms with Crippen LogP contribution in [0.15, 0.2) is 0 Å². The van der Waals surface area contributed by atoms with Gasteiger partial charge >= 0.3 is 0 Å². The van der Waals surface area contributed by atoms with Crippen molar-refractivity contribution >= 4 is 0 Å². The lowest BCUT2D eigenvalue weighted by Gasteiger charge is -2.47. The smallest absolute Gasteiger partial charge is 0.0335 e. The van der Waals surface area contributed by atoms with Crippen molar-refractivity contribution in [3.05, 3.63) is 0 Å². The molecule has 0 radical (unpaired) electrons. The molecule has 2 aliphatic rings. The number of likely N-dealkylation sites (tertiary alicyclic amines) is 1. The quantitative estimate of drug-likeness (QED) is 0.847. The molecule has 2 rings (SSSR count). The minimum atomic E-state index is 0.304. The fourth-order valence-electron chi connectivity index (χ4n) is 4.42.